The van der Waals surface area contributed by atoms with Gasteiger partial charge in [0.1, 0.15) is 6.54 Å². The molecule has 2 aliphatic heterocycles. The molecule has 3 atom stereocenters. The van der Waals surface area contributed by atoms with Gasteiger partial charge in [-0.1, -0.05) is 41.9 Å². The molecule has 2 aromatic rings. The predicted octanol–water partition coefficient (Wildman–Crippen LogP) is 2.71. The van der Waals surface area contributed by atoms with Gasteiger partial charge in [0, 0.05) is 28.7 Å². The SMILES string of the molecule is Clc1ccc2c(c1)[C@H]1C[NH+](Cc3ccccc3)CC[C@@H]1N2. The first kappa shape index (κ1) is 13.2. The highest BCUT2D eigenvalue weighted by atomic mass is 35.5. The minimum absolute atomic E-state index is 0.595. The number of rotatable bonds is 2. The Labute approximate surface area is 130 Å². The van der Waals surface area contributed by atoms with Crippen molar-refractivity contribution < 1.29 is 4.90 Å². The molecule has 108 valence electrons. The minimum Gasteiger partial charge on any atom is -0.381 e. The van der Waals surface area contributed by atoms with Gasteiger partial charge in [-0.05, 0) is 23.8 Å². The van der Waals surface area contributed by atoms with E-state index < -0.39 is 0 Å². The largest absolute Gasteiger partial charge is 0.381 e. The summed E-state index contributed by atoms with van der Waals surface area (Å²) in [6, 6.07) is 17.7. The van der Waals surface area contributed by atoms with E-state index in [2.05, 4.69) is 47.8 Å². The lowest BCUT2D eigenvalue weighted by Gasteiger charge is -2.32. The zero-order valence-electron chi connectivity index (χ0n) is 12.0. The Morgan fingerprint density at radius 1 is 1.14 bits per heavy atom. The Hall–Kier alpha value is -1.51. The molecule has 2 N–H and O–H groups in total. The number of hydrogen-bond donors (Lipinski definition) is 2. The molecule has 0 aromatic heterocycles. The number of fused-ring (bicyclic) bond motifs is 3. The summed E-state index contributed by atoms with van der Waals surface area (Å²) in [5.41, 5.74) is 4.14. The standard InChI is InChI=1S/C18H19ClN2/c19-14-6-7-17-15(10-14)16-12-21(9-8-18(16)20-17)11-13-4-2-1-3-5-13/h1-7,10,16,18,20H,8-9,11-12H2/p+1/t16-,18+/m1/s1. The number of halogens is 1. The molecule has 2 aliphatic rings. The van der Waals surface area contributed by atoms with Crippen molar-refractivity contribution in [2.75, 3.05) is 18.4 Å². The molecule has 0 radical (unpaired) electrons. The van der Waals surface area contributed by atoms with Crippen LogP contribution < -0.4 is 10.2 Å². The predicted molar refractivity (Wildman–Crippen MR) is 87.1 cm³/mol. The van der Waals surface area contributed by atoms with E-state index in [9.17, 15) is 0 Å². The van der Waals surface area contributed by atoms with Crippen LogP contribution in [-0.2, 0) is 6.54 Å². The number of benzene rings is 2. The van der Waals surface area contributed by atoms with Crippen molar-refractivity contribution in [3.05, 3.63) is 64.7 Å². The molecule has 1 saturated heterocycles. The summed E-state index contributed by atoms with van der Waals surface area (Å²) in [5, 5.41) is 4.53. The van der Waals surface area contributed by atoms with Crippen LogP contribution in [0.15, 0.2) is 48.5 Å². The molecule has 2 aromatic carbocycles. The highest BCUT2D eigenvalue weighted by molar-refractivity contribution is 6.30. The second kappa shape index (κ2) is 5.36. The fraction of sp³-hybridized carbons (Fsp3) is 0.333. The van der Waals surface area contributed by atoms with Crippen molar-refractivity contribution in [3.8, 4) is 0 Å². The molecule has 0 saturated carbocycles. The lowest BCUT2D eigenvalue weighted by Crippen LogP contribution is -3.12. The van der Waals surface area contributed by atoms with Crippen LogP contribution >= 0.6 is 11.6 Å². The van der Waals surface area contributed by atoms with Crippen LogP contribution in [0.1, 0.15) is 23.5 Å². The van der Waals surface area contributed by atoms with Crippen molar-refractivity contribution in [2.24, 2.45) is 0 Å². The monoisotopic (exact) mass is 299 g/mol. The lowest BCUT2D eigenvalue weighted by atomic mass is 9.89. The Morgan fingerprint density at radius 2 is 2.00 bits per heavy atom. The van der Waals surface area contributed by atoms with Crippen LogP contribution in [0.4, 0.5) is 5.69 Å². The average Bonchev–Trinajstić information content (AvgIpc) is 2.86. The van der Waals surface area contributed by atoms with E-state index in [0.29, 0.717) is 12.0 Å². The van der Waals surface area contributed by atoms with Gasteiger partial charge in [0.25, 0.3) is 0 Å². The lowest BCUT2D eigenvalue weighted by molar-refractivity contribution is -0.920. The molecule has 0 aliphatic carbocycles. The van der Waals surface area contributed by atoms with Crippen molar-refractivity contribution >= 4 is 17.3 Å². The Morgan fingerprint density at radius 3 is 2.86 bits per heavy atom. The second-order valence-electron chi connectivity index (χ2n) is 6.24. The van der Waals surface area contributed by atoms with Crippen LogP contribution in [0.3, 0.4) is 0 Å². The van der Waals surface area contributed by atoms with E-state index >= 15 is 0 Å². The van der Waals surface area contributed by atoms with Gasteiger partial charge in [-0.2, -0.15) is 0 Å². The van der Waals surface area contributed by atoms with Crippen LogP contribution in [-0.4, -0.2) is 19.1 Å². The Balaban J connectivity index is 1.53. The average molecular weight is 300 g/mol. The number of nitrogens with one attached hydrogen (secondary N) is 2. The second-order valence-corrected chi connectivity index (χ2v) is 6.68. The summed E-state index contributed by atoms with van der Waals surface area (Å²) in [5.74, 6) is 0.603. The summed E-state index contributed by atoms with van der Waals surface area (Å²) < 4.78 is 0. The van der Waals surface area contributed by atoms with Crippen LogP contribution in [0.25, 0.3) is 0 Å². The van der Waals surface area contributed by atoms with Crippen molar-refractivity contribution in [2.45, 2.75) is 24.9 Å². The summed E-state index contributed by atoms with van der Waals surface area (Å²) in [6.07, 6.45) is 1.24. The third-order valence-electron chi connectivity index (χ3n) is 4.85. The van der Waals surface area contributed by atoms with E-state index in [4.69, 9.17) is 11.6 Å². The molecular weight excluding hydrogens is 280 g/mol. The summed E-state index contributed by atoms with van der Waals surface area (Å²) in [6.45, 7) is 3.56. The van der Waals surface area contributed by atoms with Crippen LogP contribution in [0, 0.1) is 0 Å². The summed E-state index contributed by atoms with van der Waals surface area (Å²) >= 11 is 6.19. The summed E-state index contributed by atoms with van der Waals surface area (Å²) in [4.78, 5) is 1.68. The highest BCUT2D eigenvalue weighted by Gasteiger charge is 2.39. The third-order valence-corrected chi connectivity index (χ3v) is 5.09. The molecule has 1 unspecified atom stereocenters. The zero-order chi connectivity index (χ0) is 14.2. The highest BCUT2D eigenvalue weighted by Crippen LogP contribution is 2.38. The molecule has 2 heterocycles. The maximum atomic E-state index is 6.19. The van der Waals surface area contributed by atoms with Crippen molar-refractivity contribution in [3.63, 3.8) is 0 Å². The first-order valence-corrected chi connectivity index (χ1v) is 8.11. The maximum Gasteiger partial charge on any atom is 0.103 e. The van der Waals surface area contributed by atoms with E-state index in [1.165, 1.54) is 36.3 Å². The van der Waals surface area contributed by atoms with E-state index in [1.54, 1.807) is 4.90 Å². The number of likely N-dealkylation sites (tertiary alicyclic amines) is 1. The number of quaternary nitrogens is 1. The number of anilines is 1. The van der Waals surface area contributed by atoms with Gasteiger partial charge < -0.3 is 10.2 Å². The molecule has 0 spiro atoms. The molecule has 3 heteroatoms. The first-order chi connectivity index (χ1) is 10.3. The number of hydrogen-bond acceptors (Lipinski definition) is 1. The van der Waals surface area contributed by atoms with Crippen molar-refractivity contribution in [1.82, 2.24) is 0 Å². The fourth-order valence-corrected chi connectivity index (χ4v) is 4.01. The van der Waals surface area contributed by atoms with E-state index in [-0.39, 0.29) is 0 Å². The van der Waals surface area contributed by atoms with Gasteiger partial charge in [-0.25, -0.2) is 0 Å². The first-order valence-electron chi connectivity index (χ1n) is 7.73. The molecule has 1 fully saturated rings. The van der Waals surface area contributed by atoms with E-state index in [1.807, 2.05) is 6.07 Å². The molecule has 21 heavy (non-hydrogen) atoms. The smallest absolute Gasteiger partial charge is 0.103 e. The van der Waals surface area contributed by atoms with Crippen LogP contribution in [0.5, 0.6) is 0 Å². The van der Waals surface area contributed by atoms with Gasteiger partial charge >= 0.3 is 0 Å². The summed E-state index contributed by atoms with van der Waals surface area (Å²) in [7, 11) is 0. The topological polar surface area (TPSA) is 16.5 Å². The Kier molecular flexibility index (Phi) is 3.36. The van der Waals surface area contributed by atoms with Gasteiger partial charge in [0.15, 0.2) is 0 Å². The number of piperidine rings is 1. The van der Waals surface area contributed by atoms with Crippen LogP contribution in [0.2, 0.25) is 5.02 Å². The molecule has 2 nitrogen and oxygen atoms in total. The van der Waals surface area contributed by atoms with E-state index in [0.717, 1.165) is 11.6 Å². The Bertz CT molecular complexity index is 641. The van der Waals surface area contributed by atoms with Gasteiger partial charge in [-0.15, -0.1) is 0 Å². The molecule has 0 bridgehead atoms. The van der Waals surface area contributed by atoms with Gasteiger partial charge in [0.05, 0.1) is 19.0 Å². The van der Waals surface area contributed by atoms with Gasteiger partial charge in [0.2, 0.25) is 0 Å². The molecule has 0 amide bonds. The minimum atomic E-state index is 0.595. The van der Waals surface area contributed by atoms with Crippen molar-refractivity contribution in [1.29, 1.82) is 0 Å². The quantitative estimate of drug-likeness (QED) is 0.872. The molecule has 4 rings (SSSR count). The maximum absolute atomic E-state index is 6.19. The zero-order valence-corrected chi connectivity index (χ0v) is 12.7. The fourth-order valence-electron chi connectivity index (χ4n) is 3.83. The molecular formula is C18H20ClN2+. The normalized spacial score (nSPS) is 26.8. The van der Waals surface area contributed by atoms with Gasteiger partial charge in [-0.3, -0.25) is 0 Å². The third kappa shape index (κ3) is 2.54.